The van der Waals surface area contributed by atoms with E-state index in [4.69, 9.17) is 18.9 Å². The highest BCUT2D eigenvalue weighted by molar-refractivity contribution is 5.95. The van der Waals surface area contributed by atoms with Crippen molar-refractivity contribution in [2.45, 2.75) is 32.3 Å². The van der Waals surface area contributed by atoms with Gasteiger partial charge in [0.15, 0.2) is 11.2 Å². The smallest absolute Gasteiger partial charge is 0.321 e. The first kappa shape index (κ1) is 14.0. The van der Waals surface area contributed by atoms with Gasteiger partial charge >= 0.3 is 11.9 Å². The lowest BCUT2D eigenvalue weighted by atomic mass is 9.42. The molecule has 1 saturated carbocycles. The predicted octanol–water partition coefficient (Wildman–Crippen LogP) is 0.736. The van der Waals surface area contributed by atoms with E-state index in [0.29, 0.717) is 0 Å². The number of ether oxygens (including phenoxy) is 4. The highest BCUT2D eigenvalue weighted by atomic mass is 16.9. The number of hydrogen-bond donors (Lipinski definition) is 0. The fraction of sp³-hybridized carbons (Fsp3) is 0.857. The van der Waals surface area contributed by atoms with Crippen LogP contribution in [0.5, 0.6) is 0 Å². The van der Waals surface area contributed by atoms with Crippen LogP contribution in [-0.4, -0.2) is 44.2 Å². The van der Waals surface area contributed by atoms with Gasteiger partial charge in [-0.2, -0.15) is 0 Å². The predicted molar refractivity (Wildman–Crippen MR) is 66.5 cm³/mol. The van der Waals surface area contributed by atoms with Crippen LogP contribution in [0.1, 0.15) is 20.8 Å². The molecule has 0 aromatic carbocycles. The molecule has 2 aliphatic heterocycles. The molecule has 5 unspecified atom stereocenters. The molecule has 6 heteroatoms. The number of hydrogen-bond acceptors (Lipinski definition) is 6. The van der Waals surface area contributed by atoms with Gasteiger partial charge in [0.2, 0.25) is 0 Å². The number of ketones is 1. The van der Waals surface area contributed by atoms with Crippen molar-refractivity contribution >= 4 is 11.8 Å². The van der Waals surface area contributed by atoms with Crippen LogP contribution in [0, 0.1) is 23.2 Å². The summed E-state index contributed by atoms with van der Waals surface area (Å²) in [6.07, 6.45) is 0. The second kappa shape index (κ2) is 3.81. The maximum Gasteiger partial charge on any atom is 0.321 e. The molecule has 0 spiro atoms. The van der Waals surface area contributed by atoms with Crippen molar-refractivity contribution in [1.82, 2.24) is 0 Å². The summed E-state index contributed by atoms with van der Waals surface area (Å²) in [7, 11) is 2.74. The van der Waals surface area contributed by atoms with Crippen molar-refractivity contribution in [3.63, 3.8) is 0 Å². The summed E-state index contributed by atoms with van der Waals surface area (Å²) in [5.74, 6) is -2.75. The van der Waals surface area contributed by atoms with Gasteiger partial charge < -0.3 is 18.9 Å². The van der Waals surface area contributed by atoms with Crippen LogP contribution >= 0.6 is 0 Å². The van der Waals surface area contributed by atoms with Gasteiger partial charge in [-0.1, -0.05) is 6.92 Å². The SMILES string of the molecule is COC(=O)C12C3C(=O)COC1(OC)OC(C)(C)C2C3C. The maximum absolute atomic E-state index is 12.5. The van der Waals surface area contributed by atoms with Crippen molar-refractivity contribution < 1.29 is 28.5 Å². The molecule has 3 fully saturated rings. The molecule has 0 aromatic rings. The van der Waals surface area contributed by atoms with Crippen LogP contribution in [0.15, 0.2) is 0 Å². The summed E-state index contributed by atoms with van der Waals surface area (Å²) in [5, 5.41) is 0. The zero-order valence-corrected chi connectivity index (χ0v) is 12.4. The normalized spacial score (nSPS) is 48.5. The average Bonchev–Trinajstić information content (AvgIpc) is 2.59. The molecule has 2 saturated heterocycles. The third kappa shape index (κ3) is 1.17. The monoisotopic (exact) mass is 284 g/mol. The minimum Gasteiger partial charge on any atom is -0.468 e. The zero-order chi connectivity index (χ0) is 14.9. The van der Waals surface area contributed by atoms with Crippen molar-refractivity contribution in [3.8, 4) is 0 Å². The van der Waals surface area contributed by atoms with Crippen molar-refractivity contribution in [2.75, 3.05) is 20.8 Å². The number of esters is 1. The zero-order valence-electron chi connectivity index (χ0n) is 12.4. The molecule has 3 rings (SSSR count). The Morgan fingerprint density at radius 3 is 2.55 bits per heavy atom. The van der Waals surface area contributed by atoms with E-state index < -0.39 is 28.9 Å². The fourth-order valence-electron chi connectivity index (χ4n) is 4.92. The molecule has 5 atom stereocenters. The summed E-state index contributed by atoms with van der Waals surface area (Å²) in [6, 6.07) is 0. The molecule has 0 N–H and O–H groups in total. The number of Topliss-reactive ketones (excluding diaryl/α,β-unsaturated/α-hetero) is 1. The molecule has 0 bridgehead atoms. The molecule has 1 aliphatic carbocycles. The lowest BCUT2D eigenvalue weighted by Gasteiger charge is -2.60. The molecule has 0 aromatic heterocycles. The fourth-order valence-corrected chi connectivity index (χ4v) is 4.92. The Hall–Kier alpha value is -0.980. The van der Waals surface area contributed by atoms with Crippen molar-refractivity contribution in [2.24, 2.45) is 23.2 Å². The van der Waals surface area contributed by atoms with Crippen LogP contribution in [0.3, 0.4) is 0 Å². The molecular weight excluding hydrogens is 264 g/mol. The Morgan fingerprint density at radius 1 is 1.35 bits per heavy atom. The van der Waals surface area contributed by atoms with Crippen LogP contribution < -0.4 is 0 Å². The van der Waals surface area contributed by atoms with Gasteiger partial charge in [-0.15, -0.1) is 0 Å². The summed E-state index contributed by atoms with van der Waals surface area (Å²) < 4.78 is 22.0. The summed E-state index contributed by atoms with van der Waals surface area (Å²) in [4.78, 5) is 24.8. The molecule has 20 heavy (non-hydrogen) atoms. The Labute approximate surface area is 117 Å². The lowest BCUT2D eigenvalue weighted by molar-refractivity contribution is -0.420. The van der Waals surface area contributed by atoms with E-state index in [9.17, 15) is 9.59 Å². The van der Waals surface area contributed by atoms with Gasteiger partial charge in [-0.05, 0) is 19.8 Å². The van der Waals surface area contributed by atoms with E-state index in [1.807, 2.05) is 20.8 Å². The first-order valence-electron chi connectivity index (χ1n) is 6.79. The Kier molecular flexibility index (Phi) is 2.66. The van der Waals surface area contributed by atoms with Gasteiger partial charge in [-0.3, -0.25) is 9.59 Å². The summed E-state index contributed by atoms with van der Waals surface area (Å²) in [6.45, 7) is 5.64. The third-order valence-electron chi connectivity index (χ3n) is 5.23. The minimum absolute atomic E-state index is 0.0255. The quantitative estimate of drug-likeness (QED) is 0.696. The van der Waals surface area contributed by atoms with Crippen LogP contribution in [0.2, 0.25) is 0 Å². The van der Waals surface area contributed by atoms with E-state index in [1.54, 1.807) is 0 Å². The van der Waals surface area contributed by atoms with Gasteiger partial charge in [0, 0.05) is 18.9 Å². The largest absolute Gasteiger partial charge is 0.468 e. The van der Waals surface area contributed by atoms with Gasteiger partial charge in [0.05, 0.1) is 12.7 Å². The second-order valence-electron chi connectivity index (χ2n) is 6.40. The van der Waals surface area contributed by atoms with Crippen LogP contribution in [0.25, 0.3) is 0 Å². The molecule has 3 aliphatic rings. The van der Waals surface area contributed by atoms with Crippen molar-refractivity contribution in [1.29, 1.82) is 0 Å². The van der Waals surface area contributed by atoms with Gasteiger partial charge in [0.25, 0.3) is 0 Å². The third-order valence-corrected chi connectivity index (χ3v) is 5.23. The maximum atomic E-state index is 12.5. The van der Waals surface area contributed by atoms with Gasteiger partial charge in [0.1, 0.15) is 6.61 Å². The number of rotatable bonds is 2. The van der Waals surface area contributed by atoms with Crippen molar-refractivity contribution in [3.05, 3.63) is 0 Å². The van der Waals surface area contributed by atoms with Gasteiger partial charge in [-0.25, -0.2) is 0 Å². The Morgan fingerprint density at radius 2 is 2.00 bits per heavy atom. The van der Waals surface area contributed by atoms with E-state index in [1.165, 1.54) is 14.2 Å². The van der Waals surface area contributed by atoms with E-state index >= 15 is 0 Å². The molecule has 0 amide bonds. The van der Waals surface area contributed by atoms with E-state index in [2.05, 4.69) is 0 Å². The summed E-state index contributed by atoms with van der Waals surface area (Å²) in [5.41, 5.74) is -1.83. The standard InChI is InChI=1S/C14H20O6/c1-7-9-8(15)6-19-14(18-5)13(9,11(16)17-4)10(7)12(2,3)20-14/h7,9-10H,6H2,1-5H3. The Bertz CT molecular complexity index is 486. The van der Waals surface area contributed by atoms with E-state index in [-0.39, 0.29) is 24.2 Å². The lowest BCUT2D eigenvalue weighted by Crippen LogP contribution is -2.75. The molecular formula is C14H20O6. The molecule has 0 radical (unpaired) electrons. The van der Waals surface area contributed by atoms with E-state index in [0.717, 1.165) is 0 Å². The number of carbonyl (C=O) groups excluding carboxylic acids is 2. The second-order valence-corrected chi connectivity index (χ2v) is 6.40. The number of carbonyl (C=O) groups is 2. The molecule has 6 nitrogen and oxygen atoms in total. The van der Waals surface area contributed by atoms with Crippen LogP contribution in [0.4, 0.5) is 0 Å². The first-order valence-corrected chi connectivity index (χ1v) is 6.79. The van der Waals surface area contributed by atoms with Crippen LogP contribution in [-0.2, 0) is 28.5 Å². The number of methoxy groups -OCH3 is 2. The first-order chi connectivity index (χ1) is 9.28. The molecule has 112 valence electrons. The Balaban J connectivity index is 2.22. The summed E-state index contributed by atoms with van der Waals surface area (Å²) >= 11 is 0. The highest BCUT2D eigenvalue weighted by Crippen LogP contribution is 2.73. The molecule has 2 heterocycles. The topological polar surface area (TPSA) is 71.1 Å². The highest BCUT2D eigenvalue weighted by Gasteiger charge is 2.88. The minimum atomic E-state index is -1.53. The average molecular weight is 284 g/mol.